The molecule has 0 bridgehead atoms. The van der Waals surface area contributed by atoms with Gasteiger partial charge in [-0.25, -0.2) is 0 Å². The molecule has 0 amide bonds. The van der Waals surface area contributed by atoms with Crippen LogP contribution >= 0.6 is 0 Å². The van der Waals surface area contributed by atoms with E-state index in [0.717, 1.165) is 66.5 Å². The molecule has 1 saturated carbocycles. The van der Waals surface area contributed by atoms with Crippen LogP contribution in [0.4, 0.5) is 0 Å². The molecule has 0 aromatic heterocycles. The lowest BCUT2D eigenvalue weighted by atomic mass is 9.76. The van der Waals surface area contributed by atoms with Gasteiger partial charge in [-0.05, 0) is 75.1 Å². The second kappa shape index (κ2) is 10.4. The number of allylic oxidation sites excluding steroid dienone is 1. The number of aryl methyl sites for hydroxylation is 1. The first-order valence-electron chi connectivity index (χ1n) is 13.2. The first kappa shape index (κ1) is 24.0. The van der Waals surface area contributed by atoms with E-state index in [1.54, 1.807) is 0 Å². The predicted octanol–water partition coefficient (Wildman–Crippen LogP) is 7.36. The fourth-order valence-electron chi connectivity index (χ4n) is 5.92. The van der Waals surface area contributed by atoms with Crippen LogP contribution in [0.25, 0.3) is 5.57 Å². The quantitative estimate of drug-likeness (QED) is 0.235. The van der Waals surface area contributed by atoms with Gasteiger partial charge in [-0.1, -0.05) is 51.9 Å². The minimum Gasteiger partial charge on any atom is -0.482 e. The number of ether oxygens (including phenoxy) is 2. The van der Waals surface area contributed by atoms with Gasteiger partial charge in [-0.3, -0.25) is 9.59 Å². The molecular weight excluding hydrogens is 412 g/mol. The van der Waals surface area contributed by atoms with Gasteiger partial charge in [-0.15, -0.1) is 0 Å². The molecule has 0 saturated heterocycles. The highest BCUT2D eigenvalue weighted by Crippen LogP contribution is 2.50. The Kier molecular flexibility index (Phi) is 7.61. The lowest BCUT2D eigenvalue weighted by Crippen LogP contribution is -2.39. The van der Waals surface area contributed by atoms with Crippen LogP contribution in [0.1, 0.15) is 115 Å². The molecule has 0 atom stereocenters. The van der Waals surface area contributed by atoms with Gasteiger partial charge in [0.1, 0.15) is 17.1 Å². The van der Waals surface area contributed by atoms with Crippen molar-refractivity contribution in [2.75, 3.05) is 0 Å². The summed E-state index contributed by atoms with van der Waals surface area (Å²) in [5, 5.41) is 0. The number of carbonyl (C=O) groups is 2. The van der Waals surface area contributed by atoms with Gasteiger partial charge in [0, 0.05) is 18.4 Å². The van der Waals surface area contributed by atoms with Gasteiger partial charge < -0.3 is 9.47 Å². The molecule has 1 fully saturated rings. The second-order valence-electron chi connectivity index (χ2n) is 10.7. The molecule has 3 aliphatic rings. The topological polar surface area (TPSA) is 52.6 Å². The molecule has 2 aliphatic carbocycles. The third-order valence-corrected chi connectivity index (χ3v) is 7.58. The SMILES string of the molecule is CCCCCc1cc(OC(=O)CCC2CCCCC2)c2c(c1)OC(C)(C)C1=C2CCCC1=O. The summed E-state index contributed by atoms with van der Waals surface area (Å²) in [5.74, 6) is 1.99. The van der Waals surface area contributed by atoms with Crippen molar-refractivity contribution in [2.24, 2.45) is 5.92 Å². The molecule has 4 nitrogen and oxygen atoms in total. The van der Waals surface area contributed by atoms with E-state index in [1.807, 2.05) is 19.9 Å². The van der Waals surface area contributed by atoms with E-state index < -0.39 is 5.60 Å². The monoisotopic (exact) mass is 452 g/mol. The van der Waals surface area contributed by atoms with Gasteiger partial charge in [0.15, 0.2) is 5.78 Å². The highest BCUT2D eigenvalue weighted by Gasteiger charge is 2.41. The van der Waals surface area contributed by atoms with E-state index in [9.17, 15) is 9.59 Å². The molecule has 4 heteroatoms. The Morgan fingerprint density at radius 1 is 1.09 bits per heavy atom. The smallest absolute Gasteiger partial charge is 0.311 e. The van der Waals surface area contributed by atoms with Crippen LogP contribution in [0.5, 0.6) is 11.5 Å². The van der Waals surface area contributed by atoms with Crippen LogP contribution in [-0.2, 0) is 16.0 Å². The Bertz CT molecular complexity index is 918. The molecule has 1 heterocycles. The van der Waals surface area contributed by atoms with Crippen molar-refractivity contribution >= 4 is 17.3 Å². The van der Waals surface area contributed by atoms with E-state index in [2.05, 4.69) is 13.0 Å². The van der Waals surface area contributed by atoms with Crippen molar-refractivity contribution in [3.05, 3.63) is 28.8 Å². The molecular formula is C29H40O4. The second-order valence-corrected chi connectivity index (χ2v) is 10.7. The lowest BCUT2D eigenvalue weighted by Gasteiger charge is -2.39. The van der Waals surface area contributed by atoms with E-state index >= 15 is 0 Å². The Hall–Kier alpha value is -2.10. The van der Waals surface area contributed by atoms with Crippen molar-refractivity contribution in [1.82, 2.24) is 0 Å². The molecule has 1 aromatic carbocycles. The standard InChI is InChI=1S/C29H40O4/c1-4-5-7-13-21-18-24(32-26(31)17-16-20-11-8-6-9-12-20)27-22-14-10-15-23(30)28(22)29(2,3)33-25(27)19-21/h18-20H,4-17H2,1-3H3. The third-order valence-electron chi connectivity index (χ3n) is 7.58. The Balaban J connectivity index is 1.63. The van der Waals surface area contributed by atoms with Crippen molar-refractivity contribution in [3.8, 4) is 11.5 Å². The number of Topliss-reactive ketones (excluding diaryl/α,β-unsaturated/α-hetero) is 1. The third kappa shape index (κ3) is 5.53. The number of rotatable bonds is 8. The Labute approximate surface area is 199 Å². The molecule has 0 N–H and O–H groups in total. The summed E-state index contributed by atoms with van der Waals surface area (Å²) in [7, 11) is 0. The number of ketones is 1. The molecule has 4 rings (SSSR count). The largest absolute Gasteiger partial charge is 0.482 e. The van der Waals surface area contributed by atoms with E-state index in [4.69, 9.17) is 9.47 Å². The number of benzene rings is 1. The van der Waals surface area contributed by atoms with Gasteiger partial charge in [0.05, 0.1) is 5.56 Å². The zero-order valence-electron chi connectivity index (χ0n) is 20.8. The van der Waals surface area contributed by atoms with Crippen molar-refractivity contribution in [3.63, 3.8) is 0 Å². The number of hydrogen-bond acceptors (Lipinski definition) is 4. The normalized spacial score (nSPS) is 20.2. The molecule has 0 radical (unpaired) electrons. The zero-order valence-corrected chi connectivity index (χ0v) is 20.8. The maximum atomic E-state index is 12.9. The minimum atomic E-state index is -0.663. The van der Waals surface area contributed by atoms with E-state index in [0.29, 0.717) is 24.5 Å². The molecule has 180 valence electrons. The average Bonchev–Trinajstić information content (AvgIpc) is 2.78. The van der Waals surface area contributed by atoms with Crippen molar-refractivity contribution in [2.45, 2.75) is 116 Å². The number of hydrogen-bond donors (Lipinski definition) is 0. The van der Waals surface area contributed by atoms with Gasteiger partial charge in [-0.2, -0.15) is 0 Å². The summed E-state index contributed by atoms with van der Waals surface area (Å²) >= 11 is 0. The van der Waals surface area contributed by atoms with Crippen LogP contribution in [-0.4, -0.2) is 17.4 Å². The summed E-state index contributed by atoms with van der Waals surface area (Å²) in [6, 6.07) is 4.13. The van der Waals surface area contributed by atoms with Crippen LogP contribution < -0.4 is 9.47 Å². The first-order valence-corrected chi connectivity index (χ1v) is 13.2. The summed E-state index contributed by atoms with van der Waals surface area (Å²) in [5.41, 5.74) is 3.10. The minimum absolute atomic E-state index is 0.161. The van der Waals surface area contributed by atoms with Crippen LogP contribution in [0.15, 0.2) is 17.7 Å². The van der Waals surface area contributed by atoms with E-state index in [-0.39, 0.29) is 11.8 Å². The molecule has 33 heavy (non-hydrogen) atoms. The zero-order chi connectivity index (χ0) is 23.4. The van der Waals surface area contributed by atoms with Crippen LogP contribution in [0.2, 0.25) is 0 Å². The number of unbranched alkanes of at least 4 members (excludes halogenated alkanes) is 2. The maximum Gasteiger partial charge on any atom is 0.311 e. The van der Waals surface area contributed by atoms with Gasteiger partial charge >= 0.3 is 5.97 Å². The number of carbonyl (C=O) groups excluding carboxylic acids is 2. The highest BCUT2D eigenvalue weighted by atomic mass is 16.5. The van der Waals surface area contributed by atoms with Crippen molar-refractivity contribution in [1.29, 1.82) is 0 Å². The summed E-state index contributed by atoms with van der Waals surface area (Å²) < 4.78 is 12.5. The fraction of sp³-hybridized carbons (Fsp3) is 0.655. The van der Waals surface area contributed by atoms with E-state index in [1.165, 1.54) is 38.5 Å². The lowest BCUT2D eigenvalue weighted by molar-refractivity contribution is -0.134. The van der Waals surface area contributed by atoms with Crippen molar-refractivity contribution < 1.29 is 19.1 Å². The molecule has 1 aromatic rings. The maximum absolute atomic E-state index is 12.9. The van der Waals surface area contributed by atoms with Crippen LogP contribution in [0.3, 0.4) is 0 Å². The number of fused-ring (bicyclic) bond motifs is 2. The molecule has 1 aliphatic heterocycles. The average molecular weight is 453 g/mol. The summed E-state index contributed by atoms with van der Waals surface area (Å²) in [6.07, 6.45) is 14.3. The first-order chi connectivity index (χ1) is 15.9. The number of esters is 1. The van der Waals surface area contributed by atoms with Gasteiger partial charge in [0.2, 0.25) is 0 Å². The highest BCUT2D eigenvalue weighted by molar-refractivity contribution is 6.07. The summed E-state index contributed by atoms with van der Waals surface area (Å²) in [6.45, 7) is 6.16. The van der Waals surface area contributed by atoms with Crippen LogP contribution in [0, 0.1) is 5.92 Å². The molecule has 0 spiro atoms. The molecule has 0 unspecified atom stereocenters. The summed E-state index contributed by atoms with van der Waals surface area (Å²) in [4.78, 5) is 25.8. The Morgan fingerprint density at radius 2 is 1.88 bits per heavy atom. The van der Waals surface area contributed by atoms with Gasteiger partial charge in [0.25, 0.3) is 0 Å². The predicted molar refractivity (Wildman–Crippen MR) is 132 cm³/mol. The Morgan fingerprint density at radius 3 is 2.64 bits per heavy atom. The fourth-order valence-corrected chi connectivity index (χ4v) is 5.92.